The van der Waals surface area contributed by atoms with Crippen molar-refractivity contribution in [3.8, 4) is 0 Å². The summed E-state index contributed by atoms with van der Waals surface area (Å²) in [6.45, 7) is 13.2. The van der Waals surface area contributed by atoms with Crippen LogP contribution in [0.1, 0.15) is 45.1 Å². The van der Waals surface area contributed by atoms with Gasteiger partial charge < -0.3 is 9.42 Å². The van der Waals surface area contributed by atoms with Crippen LogP contribution in [0.4, 0.5) is 0 Å². The number of hydrogen-bond donors (Lipinski definition) is 0. The molecule has 0 atom stereocenters. The van der Waals surface area contributed by atoms with E-state index >= 15 is 0 Å². The first-order valence-electron chi connectivity index (χ1n) is 6.82. The average molecular weight is 251 g/mol. The Balaban J connectivity index is 2.13. The van der Waals surface area contributed by atoms with E-state index in [0.717, 1.165) is 37.6 Å². The Morgan fingerprint density at radius 2 is 1.83 bits per heavy atom. The predicted octanol–water partition coefficient (Wildman–Crippen LogP) is 2.28. The summed E-state index contributed by atoms with van der Waals surface area (Å²) in [6.07, 6.45) is 0. The summed E-state index contributed by atoms with van der Waals surface area (Å²) in [5.74, 6) is 1.38. The molecular formula is C14H25N3O. The molecule has 1 aliphatic heterocycles. The van der Waals surface area contributed by atoms with Crippen molar-refractivity contribution in [1.29, 1.82) is 0 Å². The second kappa shape index (κ2) is 5.02. The Hall–Kier alpha value is -0.870. The molecule has 18 heavy (non-hydrogen) atoms. The van der Waals surface area contributed by atoms with Crippen LogP contribution in [0.2, 0.25) is 0 Å². The smallest absolute Gasteiger partial charge is 0.139 e. The highest BCUT2D eigenvalue weighted by molar-refractivity contribution is 5.16. The Morgan fingerprint density at radius 1 is 1.22 bits per heavy atom. The SMILES string of the molecule is CC(C)c1cc(C(C)(C)N2CCN(C)CC2)no1. The topological polar surface area (TPSA) is 32.5 Å². The van der Waals surface area contributed by atoms with E-state index in [4.69, 9.17) is 4.52 Å². The second-order valence-corrected chi connectivity index (χ2v) is 6.12. The number of rotatable bonds is 3. The van der Waals surface area contributed by atoms with Gasteiger partial charge in [-0.2, -0.15) is 0 Å². The zero-order valence-corrected chi connectivity index (χ0v) is 12.2. The lowest BCUT2D eigenvalue weighted by Gasteiger charge is -2.42. The third-order valence-corrected chi connectivity index (χ3v) is 4.02. The van der Waals surface area contributed by atoms with Gasteiger partial charge in [0, 0.05) is 38.2 Å². The van der Waals surface area contributed by atoms with Gasteiger partial charge in [0.2, 0.25) is 0 Å². The molecule has 2 rings (SSSR count). The fraction of sp³-hybridized carbons (Fsp3) is 0.786. The third-order valence-electron chi connectivity index (χ3n) is 4.02. The standard InChI is InChI=1S/C14H25N3O/c1-11(2)12-10-13(15-18-12)14(3,4)17-8-6-16(5)7-9-17/h10-11H,6-9H2,1-5H3. The molecule has 2 heterocycles. The molecule has 0 bridgehead atoms. The summed E-state index contributed by atoms with van der Waals surface area (Å²) < 4.78 is 5.44. The fourth-order valence-corrected chi connectivity index (χ4v) is 2.38. The highest BCUT2D eigenvalue weighted by atomic mass is 16.5. The molecule has 0 unspecified atom stereocenters. The zero-order valence-electron chi connectivity index (χ0n) is 12.2. The first-order valence-corrected chi connectivity index (χ1v) is 6.82. The maximum Gasteiger partial charge on any atom is 0.139 e. The molecule has 4 heteroatoms. The number of hydrogen-bond acceptors (Lipinski definition) is 4. The highest BCUT2D eigenvalue weighted by Gasteiger charge is 2.33. The van der Waals surface area contributed by atoms with Gasteiger partial charge in [0.25, 0.3) is 0 Å². The minimum absolute atomic E-state index is 0.0438. The number of piperazine rings is 1. The summed E-state index contributed by atoms with van der Waals surface area (Å²) >= 11 is 0. The molecule has 1 aromatic rings. The van der Waals surface area contributed by atoms with Gasteiger partial charge in [0.15, 0.2) is 0 Å². The molecule has 102 valence electrons. The van der Waals surface area contributed by atoms with Gasteiger partial charge >= 0.3 is 0 Å². The van der Waals surface area contributed by atoms with E-state index in [9.17, 15) is 0 Å². The molecule has 1 saturated heterocycles. The summed E-state index contributed by atoms with van der Waals surface area (Å²) in [4.78, 5) is 4.86. The number of likely N-dealkylation sites (N-methyl/N-ethyl adjacent to an activating group) is 1. The quantitative estimate of drug-likeness (QED) is 0.825. The van der Waals surface area contributed by atoms with Crippen LogP contribution in [0.25, 0.3) is 0 Å². The van der Waals surface area contributed by atoms with Gasteiger partial charge in [0.1, 0.15) is 11.5 Å². The van der Waals surface area contributed by atoms with Crippen molar-refractivity contribution in [2.75, 3.05) is 33.2 Å². The summed E-state index contributed by atoms with van der Waals surface area (Å²) in [5.41, 5.74) is 1.01. The number of nitrogens with zero attached hydrogens (tertiary/aromatic N) is 3. The summed E-state index contributed by atoms with van der Waals surface area (Å²) in [6, 6.07) is 2.11. The van der Waals surface area contributed by atoms with E-state index in [1.165, 1.54) is 0 Å². The molecule has 4 nitrogen and oxygen atoms in total. The van der Waals surface area contributed by atoms with Crippen molar-refractivity contribution in [3.05, 3.63) is 17.5 Å². The first kappa shape index (κ1) is 13.6. The maximum atomic E-state index is 5.44. The molecule has 1 aromatic heterocycles. The average Bonchev–Trinajstić information content (AvgIpc) is 2.79. The predicted molar refractivity (Wildman–Crippen MR) is 72.7 cm³/mol. The van der Waals surface area contributed by atoms with E-state index in [1.54, 1.807) is 0 Å². The minimum Gasteiger partial charge on any atom is -0.361 e. The fourth-order valence-electron chi connectivity index (χ4n) is 2.38. The molecular weight excluding hydrogens is 226 g/mol. The first-order chi connectivity index (χ1) is 8.41. The molecule has 0 radical (unpaired) electrons. The van der Waals surface area contributed by atoms with Gasteiger partial charge in [-0.05, 0) is 20.9 Å². The lowest BCUT2D eigenvalue weighted by Crippen LogP contribution is -2.52. The van der Waals surface area contributed by atoms with Crippen molar-refractivity contribution in [3.63, 3.8) is 0 Å². The monoisotopic (exact) mass is 251 g/mol. The van der Waals surface area contributed by atoms with Crippen molar-refractivity contribution in [2.45, 2.75) is 39.2 Å². The second-order valence-electron chi connectivity index (χ2n) is 6.12. The van der Waals surface area contributed by atoms with Crippen molar-refractivity contribution in [1.82, 2.24) is 15.0 Å². The van der Waals surface area contributed by atoms with E-state index < -0.39 is 0 Å². The van der Waals surface area contributed by atoms with Gasteiger partial charge in [0.05, 0.1) is 5.54 Å². The van der Waals surface area contributed by atoms with Crippen molar-refractivity contribution in [2.24, 2.45) is 0 Å². The Morgan fingerprint density at radius 3 is 2.33 bits per heavy atom. The molecule has 0 amide bonds. The summed E-state index contributed by atoms with van der Waals surface area (Å²) in [7, 11) is 2.18. The molecule has 0 saturated carbocycles. The summed E-state index contributed by atoms with van der Waals surface area (Å²) in [5, 5.41) is 4.27. The highest BCUT2D eigenvalue weighted by Crippen LogP contribution is 2.29. The Kier molecular flexibility index (Phi) is 3.78. The van der Waals surface area contributed by atoms with Gasteiger partial charge in [-0.1, -0.05) is 19.0 Å². The Labute approximate surface area is 110 Å². The van der Waals surface area contributed by atoms with Crippen LogP contribution in [0.15, 0.2) is 10.6 Å². The van der Waals surface area contributed by atoms with Crippen LogP contribution in [0.5, 0.6) is 0 Å². The molecule has 0 aromatic carbocycles. The molecule has 0 aliphatic carbocycles. The van der Waals surface area contributed by atoms with Gasteiger partial charge in [-0.15, -0.1) is 0 Å². The molecule has 1 aliphatic rings. The zero-order chi connectivity index (χ0) is 13.3. The van der Waals surface area contributed by atoms with Gasteiger partial charge in [-0.3, -0.25) is 4.90 Å². The van der Waals surface area contributed by atoms with E-state index in [0.29, 0.717) is 5.92 Å². The lowest BCUT2D eigenvalue weighted by molar-refractivity contribution is 0.0559. The third kappa shape index (κ3) is 2.59. The Bertz CT molecular complexity index is 389. The minimum atomic E-state index is -0.0438. The molecule has 0 spiro atoms. The van der Waals surface area contributed by atoms with Crippen LogP contribution in [-0.4, -0.2) is 48.2 Å². The van der Waals surface area contributed by atoms with Crippen LogP contribution in [0.3, 0.4) is 0 Å². The molecule has 1 fully saturated rings. The van der Waals surface area contributed by atoms with Gasteiger partial charge in [-0.25, -0.2) is 0 Å². The van der Waals surface area contributed by atoms with Crippen molar-refractivity contribution < 1.29 is 4.52 Å². The van der Waals surface area contributed by atoms with Crippen LogP contribution in [-0.2, 0) is 5.54 Å². The van der Waals surface area contributed by atoms with E-state index in [-0.39, 0.29) is 5.54 Å². The van der Waals surface area contributed by atoms with E-state index in [2.05, 4.69) is 55.8 Å². The van der Waals surface area contributed by atoms with Crippen LogP contribution < -0.4 is 0 Å². The largest absolute Gasteiger partial charge is 0.361 e. The maximum absolute atomic E-state index is 5.44. The lowest BCUT2D eigenvalue weighted by atomic mass is 9.96. The van der Waals surface area contributed by atoms with Crippen molar-refractivity contribution >= 4 is 0 Å². The molecule has 0 N–H and O–H groups in total. The number of aromatic nitrogens is 1. The van der Waals surface area contributed by atoms with Crippen LogP contribution >= 0.6 is 0 Å². The van der Waals surface area contributed by atoms with E-state index in [1.807, 2.05) is 0 Å². The van der Waals surface area contributed by atoms with Crippen LogP contribution in [0, 0.1) is 0 Å². The normalized spacial score (nSPS) is 19.7.